The van der Waals surface area contributed by atoms with Crippen LogP contribution in [-0.4, -0.2) is 30.6 Å². The van der Waals surface area contributed by atoms with E-state index in [0.717, 1.165) is 21.8 Å². The molecule has 0 aliphatic rings. The normalized spacial score (nSPS) is 10.6. The molecule has 3 aromatic rings. The maximum absolute atomic E-state index is 11.8. The lowest BCUT2D eigenvalue weighted by Crippen LogP contribution is -2.32. The van der Waals surface area contributed by atoms with E-state index in [4.69, 9.17) is 4.74 Å². The number of amides is 1. The van der Waals surface area contributed by atoms with Gasteiger partial charge >= 0.3 is 0 Å². The Morgan fingerprint density at radius 3 is 2.68 bits per heavy atom. The van der Waals surface area contributed by atoms with E-state index in [1.807, 2.05) is 48.5 Å². The number of fused-ring (bicyclic) bond motifs is 1. The lowest BCUT2D eigenvalue weighted by Gasteiger charge is -2.08. The largest absolute Gasteiger partial charge is 0.484 e. The number of nitrogens with one attached hydrogen (secondary N) is 2. The first-order valence-electron chi connectivity index (χ1n) is 8.32. The summed E-state index contributed by atoms with van der Waals surface area (Å²) in [6.07, 6.45) is 0.989. The molecule has 0 aliphatic carbocycles. The second-order valence-corrected chi connectivity index (χ2v) is 6.58. The van der Waals surface area contributed by atoms with Gasteiger partial charge in [0, 0.05) is 13.1 Å². The van der Waals surface area contributed by atoms with E-state index in [0.29, 0.717) is 18.8 Å². The van der Waals surface area contributed by atoms with Crippen molar-refractivity contribution in [3.8, 4) is 5.75 Å². The molecule has 1 aromatic heterocycles. The number of carbonyl (C=O) groups excluding carboxylic acids is 1. The van der Waals surface area contributed by atoms with Gasteiger partial charge in [-0.05, 0) is 36.2 Å². The topological polar surface area (TPSA) is 63.2 Å². The number of nitrogens with zero attached hydrogens (tertiary/aromatic N) is 1. The number of aryl methyl sites for hydroxylation is 1. The summed E-state index contributed by atoms with van der Waals surface area (Å²) in [6.45, 7) is 3.27. The van der Waals surface area contributed by atoms with Crippen LogP contribution >= 0.6 is 11.3 Å². The first-order valence-corrected chi connectivity index (χ1v) is 9.14. The third kappa shape index (κ3) is 4.93. The highest BCUT2D eigenvalue weighted by Crippen LogP contribution is 2.24. The number of ether oxygens (including phenoxy) is 1. The molecule has 2 N–H and O–H groups in total. The molecule has 0 aliphatic heterocycles. The minimum Gasteiger partial charge on any atom is -0.484 e. The summed E-state index contributed by atoms with van der Waals surface area (Å²) < 4.78 is 6.63. The summed E-state index contributed by atoms with van der Waals surface area (Å²) in [7, 11) is 0. The first-order chi connectivity index (χ1) is 12.2. The third-order valence-electron chi connectivity index (χ3n) is 3.72. The van der Waals surface area contributed by atoms with E-state index >= 15 is 0 Å². The van der Waals surface area contributed by atoms with E-state index in [9.17, 15) is 4.79 Å². The zero-order valence-corrected chi connectivity index (χ0v) is 14.9. The van der Waals surface area contributed by atoms with E-state index in [1.54, 1.807) is 11.3 Å². The number of carbonyl (C=O) groups is 1. The van der Waals surface area contributed by atoms with E-state index in [1.165, 1.54) is 5.56 Å². The van der Waals surface area contributed by atoms with Crippen molar-refractivity contribution in [2.75, 3.05) is 25.0 Å². The highest BCUT2D eigenvalue weighted by Gasteiger charge is 2.04. The Balaban J connectivity index is 1.36. The van der Waals surface area contributed by atoms with Crippen molar-refractivity contribution in [3.05, 3.63) is 54.1 Å². The fourth-order valence-corrected chi connectivity index (χ4v) is 3.23. The SMILES string of the molecule is CCc1ccc(OCC(=O)NCCNc2nc3ccccc3s2)cc1. The fourth-order valence-electron chi connectivity index (χ4n) is 2.34. The van der Waals surface area contributed by atoms with E-state index < -0.39 is 0 Å². The Bertz CT molecular complexity index is 797. The Kier molecular flexibility index (Phi) is 5.85. The molecule has 0 bridgehead atoms. The van der Waals surface area contributed by atoms with Crippen molar-refractivity contribution in [3.63, 3.8) is 0 Å². The van der Waals surface area contributed by atoms with Crippen LogP contribution in [0.25, 0.3) is 10.2 Å². The van der Waals surface area contributed by atoms with Gasteiger partial charge in [-0.3, -0.25) is 4.79 Å². The number of hydrogen-bond donors (Lipinski definition) is 2. The molecule has 5 nitrogen and oxygen atoms in total. The van der Waals surface area contributed by atoms with Crippen LogP contribution in [0.2, 0.25) is 0 Å². The summed E-state index contributed by atoms with van der Waals surface area (Å²) in [6, 6.07) is 15.8. The second-order valence-electron chi connectivity index (χ2n) is 5.55. The van der Waals surface area contributed by atoms with Gasteiger partial charge in [-0.15, -0.1) is 0 Å². The number of hydrogen-bond acceptors (Lipinski definition) is 5. The van der Waals surface area contributed by atoms with Crippen LogP contribution in [0.3, 0.4) is 0 Å². The van der Waals surface area contributed by atoms with Crippen LogP contribution in [0.1, 0.15) is 12.5 Å². The molecular formula is C19H21N3O2S. The van der Waals surface area contributed by atoms with Gasteiger partial charge in [0.05, 0.1) is 10.2 Å². The molecule has 6 heteroatoms. The standard InChI is InChI=1S/C19H21N3O2S/c1-2-14-7-9-15(10-8-14)24-13-18(23)20-11-12-21-19-22-16-5-3-4-6-17(16)25-19/h3-10H,2,11-13H2,1H3,(H,20,23)(H,21,22). The first kappa shape index (κ1) is 17.2. The van der Waals surface area contributed by atoms with Crippen molar-refractivity contribution in [2.24, 2.45) is 0 Å². The highest BCUT2D eigenvalue weighted by molar-refractivity contribution is 7.22. The molecule has 3 rings (SSSR count). The van der Waals surface area contributed by atoms with E-state index in [-0.39, 0.29) is 12.5 Å². The zero-order valence-electron chi connectivity index (χ0n) is 14.1. The fraction of sp³-hybridized carbons (Fsp3) is 0.263. The van der Waals surface area contributed by atoms with Gasteiger partial charge < -0.3 is 15.4 Å². The van der Waals surface area contributed by atoms with Crippen LogP contribution < -0.4 is 15.4 Å². The number of thiazole rings is 1. The third-order valence-corrected chi connectivity index (χ3v) is 4.71. The minimum atomic E-state index is -0.134. The predicted octanol–water partition coefficient (Wildman–Crippen LogP) is 3.47. The molecule has 130 valence electrons. The lowest BCUT2D eigenvalue weighted by molar-refractivity contribution is -0.123. The van der Waals surface area contributed by atoms with Gasteiger partial charge in [-0.25, -0.2) is 4.98 Å². The van der Waals surface area contributed by atoms with Gasteiger partial charge in [0.15, 0.2) is 11.7 Å². The number of benzene rings is 2. The van der Waals surface area contributed by atoms with Gasteiger partial charge in [-0.2, -0.15) is 0 Å². The van der Waals surface area contributed by atoms with Gasteiger partial charge in [-0.1, -0.05) is 42.5 Å². The smallest absolute Gasteiger partial charge is 0.258 e. The molecular weight excluding hydrogens is 334 g/mol. The summed E-state index contributed by atoms with van der Waals surface area (Å²) in [5, 5.41) is 6.92. The molecule has 0 saturated carbocycles. The summed E-state index contributed by atoms with van der Waals surface area (Å²) in [5.41, 5.74) is 2.24. The van der Waals surface area contributed by atoms with Crippen LogP contribution in [0.15, 0.2) is 48.5 Å². The Morgan fingerprint density at radius 2 is 1.92 bits per heavy atom. The molecule has 0 radical (unpaired) electrons. The molecule has 0 saturated heterocycles. The van der Waals surface area contributed by atoms with Crippen LogP contribution in [0.5, 0.6) is 5.75 Å². The monoisotopic (exact) mass is 355 g/mol. The van der Waals surface area contributed by atoms with Gasteiger partial charge in [0.1, 0.15) is 5.75 Å². The Morgan fingerprint density at radius 1 is 1.12 bits per heavy atom. The maximum atomic E-state index is 11.8. The van der Waals surface area contributed by atoms with Gasteiger partial charge in [0.2, 0.25) is 0 Å². The van der Waals surface area contributed by atoms with E-state index in [2.05, 4.69) is 22.5 Å². The lowest BCUT2D eigenvalue weighted by atomic mass is 10.2. The maximum Gasteiger partial charge on any atom is 0.258 e. The van der Waals surface area contributed by atoms with Crippen molar-refractivity contribution in [1.29, 1.82) is 0 Å². The molecule has 0 fully saturated rings. The Labute approximate surface area is 151 Å². The van der Waals surface area contributed by atoms with Crippen molar-refractivity contribution in [2.45, 2.75) is 13.3 Å². The number of para-hydroxylation sites is 1. The Hall–Kier alpha value is -2.60. The molecule has 25 heavy (non-hydrogen) atoms. The average molecular weight is 355 g/mol. The average Bonchev–Trinajstić information content (AvgIpc) is 3.07. The molecule has 2 aromatic carbocycles. The van der Waals surface area contributed by atoms with Crippen LogP contribution in [0.4, 0.5) is 5.13 Å². The van der Waals surface area contributed by atoms with Crippen LogP contribution in [0, 0.1) is 0 Å². The molecule has 0 unspecified atom stereocenters. The van der Waals surface area contributed by atoms with Gasteiger partial charge in [0.25, 0.3) is 5.91 Å². The summed E-state index contributed by atoms with van der Waals surface area (Å²) in [5.74, 6) is 0.575. The summed E-state index contributed by atoms with van der Waals surface area (Å²) >= 11 is 1.61. The minimum absolute atomic E-state index is 0.0204. The molecule has 0 atom stereocenters. The van der Waals surface area contributed by atoms with Crippen molar-refractivity contribution in [1.82, 2.24) is 10.3 Å². The summed E-state index contributed by atoms with van der Waals surface area (Å²) in [4.78, 5) is 16.3. The highest BCUT2D eigenvalue weighted by atomic mass is 32.1. The predicted molar refractivity (Wildman–Crippen MR) is 102 cm³/mol. The molecule has 0 spiro atoms. The number of aromatic nitrogens is 1. The molecule has 1 amide bonds. The molecule has 1 heterocycles. The number of rotatable bonds is 8. The quantitative estimate of drug-likeness (QED) is 0.608. The second kappa shape index (κ2) is 8.48. The van der Waals surface area contributed by atoms with Crippen molar-refractivity contribution < 1.29 is 9.53 Å². The number of anilines is 1. The van der Waals surface area contributed by atoms with Crippen molar-refractivity contribution >= 4 is 32.6 Å². The zero-order chi connectivity index (χ0) is 17.5. The van der Waals surface area contributed by atoms with Crippen LogP contribution in [-0.2, 0) is 11.2 Å².